The van der Waals surface area contributed by atoms with Crippen LogP contribution in [0.4, 0.5) is 0 Å². The Labute approximate surface area is 131 Å². The first-order valence-corrected chi connectivity index (χ1v) is 8.17. The molecular weight excluding hydrogens is 278 g/mol. The van der Waals surface area contributed by atoms with Crippen LogP contribution in [0.2, 0.25) is 0 Å². The van der Waals surface area contributed by atoms with E-state index in [4.69, 9.17) is 9.47 Å². The Hall–Kier alpha value is -1.52. The Kier molecular flexibility index (Phi) is 3.20. The number of methoxy groups -OCH3 is 1. The molecule has 2 heterocycles. The van der Waals surface area contributed by atoms with Gasteiger partial charge >= 0.3 is 0 Å². The van der Waals surface area contributed by atoms with Crippen LogP contribution in [0.25, 0.3) is 0 Å². The van der Waals surface area contributed by atoms with Crippen LogP contribution in [0, 0.1) is 0 Å². The molecule has 3 aliphatic rings. The van der Waals surface area contributed by atoms with Crippen LogP contribution < -0.4 is 14.8 Å². The van der Waals surface area contributed by atoms with Gasteiger partial charge < -0.3 is 19.9 Å². The van der Waals surface area contributed by atoms with E-state index >= 15 is 0 Å². The van der Waals surface area contributed by atoms with Gasteiger partial charge in [-0.3, -0.25) is 0 Å². The summed E-state index contributed by atoms with van der Waals surface area (Å²) in [4.78, 5) is 0. The molecule has 2 N–H and O–H groups in total. The summed E-state index contributed by atoms with van der Waals surface area (Å²) in [6.45, 7) is 4.02. The van der Waals surface area contributed by atoms with Gasteiger partial charge in [0.05, 0.1) is 18.6 Å². The Bertz CT molecular complexity index is 640. The normalized spacial score (nSPS) is 32.0. The van der Waals surface area contributed by atoms with Crippen molar-refractivity contribution in [3.8, 4) is 11.5 Å². The monoisotopic (exact) mass is 301 g/mol. The fourth-order valence-corrected chi connectivity index (χ4v) is 4.33. The predicted molar refractivity (Wildman–Crippen MR) is 84.6 cm³/mol. The van der Waals surface area contributed by atoms with Gasteiger partial charge in [-0.25, -0.2) is 0 Å². The van der Waals surface area contributed by atoms with Gasteiger partial charge in [0.2, 0.25) is 0 Å². The lowest BCUT2D eigenvalue weighted by Gasteiger charge is -2.35. The zero-order chi connectivity index (χ0) is 15.3. The zero-order valence-electron chi connectivity index (χ0n) is 13.2. The highest BCUT2D eigenvalue weighted by Gasteiger charge is 2.52. The summed E-state index contributed by atoms with van der Waals surface area (Å²) in [5.41, 5.74) is 3.86. The molecule has 1 aromatic carbocycles. The third-order valence-corrected chi connectivity index (χ3v) is 5.44. The Balaban J connectivity index is 2.00. The highest BCUT2D eigenvalue weighted by Crippen LogP contribution is 2.55. The number of hydrogen-bond donors (Lipinski definition) is 2. The highest BCUT2D eigenvalue weighted by atomic mass is 16.5. The molecule has 2 aliphatic heterocycles. The molecule has 4 heteroatoms. The number of aliphatic hydroxyl groups is 1. The van der Waals surface area contributed by atoms with Gasteiger partial charge in [-0.1, -0.05) is 19.1 Å². The fraction of sp³-hybridized carbons (Fsp3) is 0.556. The topological polar surface area (TPSA) is 50.7 Å². The maximum absolute atomic E-state index is 10.0. The van der Waals surface area contributed by atoms with Gasteiger partial charge in [0, 0.05) is 18.5 Å². The largest absolute Gasteiger partial charge is 0.493 e. The molecule has 4 rings (SSSR count). The van der Waals surface area contributed by atoms with Crippen molar-refractivity contribution in [2.24, 2.45) is 0 Å². The van der Waals surface area contributed by atoms with Gasteiger partial charge in [0.25, 0.3) is 0 Å². The average Bonchev–Trinajstić information content (AvgIpc) is 2.73. The van der Waals surface area contributed by atoms with Crippen LogP contribution in [0.1, 0.15) is 36.5 Å². The Morgan fingerprint density at radius 3 is 3.14 bits per heavy atom. The molecule has 1 aliphatic carbocycles. The first-order valence-electron chi connectivity index (χ1n) is 8.17. The first-order chi connectivity index (χ1) is 10.7. The minimum Gasteiger partial charge on any atom is -0.493 e. The van der Waals surface area contributed by atoms with Crippen molar-refractivity contribution >= 4 is 0 Å². The molecule has 3 atom stereocenters. The second-order valence-corrected chi connectivity index (χ2v) is 6.51. The molecule has 0 radical (unpaired) electrons. The number of hydrogen-bond acceptors (Lipinski definition) is 4. The number of rotatable bonds is 2. The molecule has 1 spiro atoms. The number of aryl methyl sites for hydroxylation is 1. The van der Waals surface area contributed by atoms with E-state index in [-0.39, 0.29) is 11.5 Å². The standard InChI is InChI=1S/C18H23NO3/c1-3-11-8-14(21-2)17-16-13(11)10-19-7-6-18(16)5-4-12(20)9-15(18)22-17/h4-5,8,12,15,19-20H,3,6-7,9-10H2,1-2H3/t12-,15+,18?/m0/s1. The van der Waals surface area contributed by atoms with Crippen molar-refractivity contribution in [1.82, 2.24) is 5.32 Å². The summed E-state index contributed by atoms with van der Waals surface area (Å²) < 4.78 is 11.9. The SMILES string of the molecule is CCc1cc(OC)c2c3c1CNCCC31C=C[C@H](O)C[C@H]1O2. The molecule has 22 heavy (non-hydrogen) atoms. The molecule has 0 fully saturated rings. The number of benzene rings is 1. The molecule has 1 unspecified atom stereocenters. The maximum atomic E-state index is 10.0. The number of nitrogens with one attached hydrogen (secondary N) is 1. The van der Waals surface area contributed by atoms with Crippen molar-refractivity contribution in [2.75, 3.05) is 13.7 Å². The van der Waals surface area contributed by atoms with E-state index in [1.54, 1.807) is 7.11 Å². The van der Waals surface area contributed by atoms with Gasteiger partial charge in [-0.05, 0) is 36.6 Å². The second kappa shape index (κ2) is 5.00. The highest BCUT2D eigenvalue weighted by molar-refractivity contribution is 5.63. The van der Waals surface area contributed by atoms with E-state index in [0.29, 0.717) is 6.42 Å². The minimum atomic E-state index is -0.416. The molecular formula is C18H23NO3. The molecule has 1 aromatic rings. The summed E-state index contributed by atoms with van der Waals surface area (Å²) in [5, 5.41) is 13.6. The molecule has 0 bridgehead atoms. The van der Waals surface area contributed by atoms with Crippen molar-refractivity contribution in [2.45, 2.75) is 50.4 Å². The molecule has 0 aromatic heterocycles. The van der Waals surface area contributed by atoms with Gasteiger partial charge in [-0.15, -0.1) is 0 Å². The van der Waals surface area contributed by atoms with Gasteiger partial charge in [-0.2, -0.15) is 0 Å². The van der Waals surface area contributed by atoms with Gasteiger partial charge in [0.1, 0.15) is 6.10 Å². The van der Waals surface area contributed by atoms with E-state index in [1.807, 2.05) is 6.08 Å². The van der Waals surface area contributed by atoms with E-state index in [9.17, 15) is 5.11 Å². The van der Waals surface area contributed by atoms with Crippen molar-refractivity contribution < 1.29 is 14.6 Å². The average molecular weight is 301 g/mol. The van der Waals surface area contributed by atoms with Crippen LogP contribution in [0.15, 0.2) is 18.2 Å². The predicted octanol–water partition coefficient (Wildman–Crippen LogP) is 2.07. The van der Waals surface area contributed by atoms with E-state index in [0.717, 1.165) is 37.4 Å². The van der Waals surface area contributed by atoms with Crippen LogP contribution >= 0.6 is 0 Å². The van der Waals surface area contributed by atoms with Crippen LogP contribution in [-0.4, -0.2) is 31.0 Å². The van der Waals surface area contributed by atoms with Crippen LogP contribution in [-0.2, 0) is 18.4 Å². The maximum Gasteiger partial charge on any atom is 0.166 e. The molecule has 118 valence electrons. The Morgan fingerprint density at radius 1 is 1.50 bits per heavy atom. The molecule has 0 saturated heterocycles. The Morgan fingerprint density at radius 2 is 2.36 bits per heavy atom. The molecule has 0 saturated carbocycles. The van der Waals surface area contributed by atoms with Crippen LogP contribution in [0.5, 0.6) is 11.5 Å². The lowest BCUT2D eigenvalue weighted by atomic mass is 9.68. The van der Waals surface area contributed by atoms with E-state index in [2.05, 4.69) is 24.4 Å². The smallest absolute Gasteiger partial charge is 0.166 e. The molecule has 4 nitrogen and oxygen atoms in total. The summed E-state index contributed by atoms with van der Waals surface area (Å²) in [6, 6.07) is 2.12. The summed E-state index contributed by atoms with van der Waals surface area (Å²) in [5.74, 6) is 1.72. The number of ether oxygens (including phenoxy) is 2. The molecule has 0 amide bonds. The lowest BCUT2D eigenvalue weighted by Crippen LogP contribution is -2.42. The minimum absolute atomic E-state index is 0.00200. The van der Waals surface area contributed by atoms with Crippen LogP contribution in [0.3, 0.4) is 0 Å². The quantitative estimate of drug-likeness (QED) is 0.821. The lowest BCUT2D eigenvalue weighted by molar-refractivity contribution is 0.0851. The third-order valence-electron chi connectivity index (χ3n) is 5.44. The van der Waals surface area contributed by atoms with Crippen molar-refractivity contribution in [1.29, 1.82) is 0 Å². The van der Waals surface area contributed by atoms with E-state index < -0.39 is 6.10 Å². The fourth-order valence-electron chi connectivity index (χ4n) is 4.33. The zero-order valence-corrected chi connectivity index (χ0v) is 13.2. The second-order valence-electron chi connectivity index (χ2n) is 6.51. The summed E-state index contributed by atoms with van der Waals surface area (Å²) >= 11 is 0. The first kappa shape index (κ1) is 14.1. The van der Waals surface area contributed by atoms with Gasteiger partial charge in [0.15, 0.2) is 11.5 Å². The summed E-state index contributed by atoms with van der Waals surface area (Å²) in [7, 11) is 1.70. The van der Waals surface area contributed by atoms with Crippen molar-refractivity contribution in [3.05, 3.63) is 34.9 Å². The number of aliphatic hydroxyl groups excluding tert-OH is 1. The van der Waals surface area contributed by atoms with Crippen molar-refractivity contribution in [3.63, 3.8) is 0 Å². The third kappa shape index (κ3) is 1.77. The van der Waals surface area contributed by atoms with E-state index in [1.165, 1.54) is 16.7 Å². The summed E-state index contributed by atoms with van der Waals surface area (Å²) in [6.07, 6.45) is 6.34.